The number of nitrogens with zero attached hydrogens (tertiary/aromatic N) is 1. The van der Waals surface area contributed by atoms with Crippen LogP contribution < -0.4 is 21.3 Å². The molecule has 0 aliphatic carbocycles. The van der Waals surface area contributed by atoms with Crippen LogP contribution in [0.3, 0.4) is 0 Å². The zero-order valence-corrected chi connectivity index (χ0v) is 27.8. The highest BCUT2D eigenvalue weighted by atomic mass is 16.8. The van der Waals surface area contributed by atoms with Crippen molar-refractivity contribution in [1.82, 2.24) is 10.6 Å². The Morgan fingerprint density at radius 1 is 1.24 bits per heavy atom. The number of allylic oxidation sites excluding steroid dienone is 1. The number of carbonyl (C=O) groups is 2. The van der Waals surface area contributed by atoms with Crippen molar-refractivity contribution in [2.45, 2.75) is 43.1 Å². The number of carbonyl (C=O) groups excluding carboxylic acids is 1. The maximum Gasteiger partial charge on any atom is 0.343 e. The van der Waals surface area contributed by atoms with E-state index in [1.807, 2.05) is 0 Å². The SMILES string of the molecule is C=C[C@H]1[C@H](O[C@@H]2O[C@H](CO)[C@@H](O)C(O)(O)[C@H]2OCNC)OC=C(C(=O)OC)[C@H]1/C=C/C1=C(NC(N)=NCCCO)C(C(=O)O)=C[NH+](CCO)C1. The third kappa shape index (κ3) is 9.74. The van der Waals surface area contributed by atoms with Crippen molar-refractivity contribution in [3.8, 4) is 0 Å². The number of aliphatic carboxylic acids is 1. The van der Waals surface area contributed by atoms with Gasteiger partial charge in [0, 0.05) is 24.6 Å². The summed E-state index contributed by atoms with van der Waals surface area (Å²) < 4.78 is 27.9. The lowest BCUT2D eigenvalue weighted by molar-refractivity contribution is -0.843. The molecule has 280 valence electrons. The van der Waals surface area contributed by atoms with E-state index in [-0.39, 0.29) is 62.4 Å². The Balaban J connectivity index is 2.06. The Morgan fingerprint density at radius 3 is 2.58 bits per heavy atom. The number of nitrogens with one attached hydrogen (secondary N) is 3. The van der Waals surface area contributed by atoms with Gasteiger partial charge in [0.25, 0.3) is 0 Å². The van der Waals surface area contributed by atoms with Gasteiger partial charge in [-0.05, 0) is 13.5 Å². The fourth-order valence-electron chi connectivity index (χ4n) is 5.57. The molecule has 3 aliphatic rings. The van der Waals surface area contributed by atoms with Crippen LogP contribution in [0.5, 0.6) is 0 Å². The molecule has 12 N–H and O–H groups in total. The Hall–Kier alpha value is -3.73. The average Bonchev–Trinajstić information content (AvgIpc) is 3.09. The second-order valence-corrected chi connectivity index (χ2v) is 11.5. The maximum absolute atomic E-state index is 12.9. The van der Waals surface area contributed by atoms with E-state index in [1.54, 1.807) is 12.2 Å². The number of ether oxygens (including phenoxy) is 5. The highest BCUT2D eigenvalue weighted by Crippen LogP contribution is 2.38. The van der Waals surface area contributed by atoms with Gasteiger partial charge in [-0.25, -0.2) is 9.59 Å². The fraction of sp³-hybridized carbons (Fsp3) is 0.581. The van der Waals surface area contributed by atoms with Crippen LogP contribution in [-0.4, -0.2) is 151 Å². The average molecular weight is 715 g/mol. The number of aliphatic hydroxyl groups excluding tert-OH is 4. The van der Waals surface area contributed by atoms with Gasteiger partial charge < -0.3 is 75.4 Å². The highest BCUT2D eigenvalue weighted by molar-refractivity contribution is 5.94. The van der Waals surface area contributed by atoms with Crippen molar-refractivity contribution < 1.29 is 73.9 Å². The molecule has 0 aromatic heterocycles. The molecular formula is C31H48N5O14+. The molecule has 0 aromatic carbocycles. The lowest BCUT2D eigenvalue weighted by Gasteiger charge is -2.47. The largest absolute Gasteiger partial charge is 0.477 e. The van der Waals surface area contributed by atoms with Crippen molar-refractivity contribution in [3.63, 3.8) is 0 Å². The minimum absolute atomic E-state index is 0.0212. The van der Waals surface area contributed by atoms with Gasteiger partial charge in [0.15, 0.2) is 18.4 Å². The number of aliphatic imine (C=N–C) groups is 1. The number of hydrogen-bond acceptors (Lipinski definition) is 15. The topological polar surface area (TPSA) is 289 Å². The van der Waals surface area contributed by atoms with Crippen LogP contribution in [0.15, 0.2) is 64.7 Å². The smallest absolute Gasteiger partial charge is 0.343 e. The van der Waals surface area contributed by atoms with Crippen LogP contribution in [0.25, 0.3) is 0 Å². The minimum Gasteiger partial charge on any atom is -0.477 e. The Bertz CT molecular complexity index is 1350. The van der Waals surface area contributed by atoms with Crippen molar-refractivity contribution in [3.05, 3.63) is 59.7 Å². The van der Waals surface area contributed by atoms with E-state index in [0.29, 0.717) is 16.9 Å². The molecule has 0 saturated carbocycles. The van der Waals surface area contributed by atoms with Crippen molar-refractivity contribution in [2.24, 2.45) is 22.6 Å². The fourth-order valence-corrected chi connectivity index (χ4v) is 5.57. The molecule has 19 heteroatoms. The highest BCUT2D eigenvalue weighted by Gasteiger charge is 2.57. The summed E-state index contributed by atoms with van der Waals surface area (Å²) in [6, 6.07) is 0. The zero-order valence-electron chi connectivity index (χ0n) is 27.8. The summed E-state index contributed by atoms with van der Waals surface area (Å²) in [7, 11) is 2.69. The summed E-state index contributed by atoms with van der Waals surface area (Å²) in [6.45, 7) is 3.02. The first-order valence-electron chi connectivity index (χ1n) is 15.8. The predicted octanol–water partition coefficient (Wildman–Crippen LogP) is -4.89. The van der Waals surface area contributed by atoms with Gasteiger partial charge in [0.2, 0.25) is 12.1 Å². The first-order chi connectivity index (χ1) is 23.9. The molecule has 0 spiro atoms. The number of carboxylic acids is 1. The van der Waals surface area contributed by atoms with Crippen LogP contribution in [0.1, 0.15) is 6.42 Å². The molecule has 1 fully saturated rings. The molecule has 50 heavy (non-hydrogen) atoms. The number of rotatable bonds is 17. The molecule has 0 radical (unpaired) electrons. The van der Waals surface area contributed by atoms with Gasteiger partial charge in [-0.3, -0.25) is 10.3 Å². The van der Waals surface area contributed by atoms with Gasteiger partial charge in [-0.1, -0.05) is 18.2 Å². The lowest BCUT2D eigenvalue weighted by Crippen LogP contribution is -3.09. The number of methoxy groups -OCH3 is 1. The number of aliphatic hydroxyl groups is 6. The third-order valence-corrected chi connectivity index (χ3v) is 8.10. The van der Waals surface area contributed by atoms with Gasteiger partial charge in [0.05, 0.1) is 50.5 Å². The van der Waals surface area contributed by atoms with E-state index in [2.05, 4.69) is 22.2 Å². The van der Waals surface area contributed by atoms with Crippen LogP contribution in [0.4, 0.5) is 0 Å². The van der Waals surface area contributed by atoms with Gasteiger partial charge in [-0.2, -0.15) is 0 Å². The summed E-state index contributed by atoms with van der Waals surface area (Å²) in [5, 5.41) is 76.0. The zero-order chi connectivity index (χ0) is 37.0. The summed E-state index contributed by atoms with van der Waals surface area (Å²) >= 11 is 0. The molecule has 0 amide bonds. The monoisotopic (exact) mass is 714 g/mol. The Labute approximate surface area is 288 Å². The van der Waals surface area contributed by atoms with E-state index < -0.39 is 67.1 Å². The molecule has 8 atom stereocenters. The van der Waals surface area contributed by atoms with Crippen LogP contribution in [-0.2, 0) is 33.3 Å². The van der Waals surface area contributed by atoms with Gasteiger partial charge in [0.1, 0.15) is 37.1 Å². The number of hydrogen-bond donors (Lipinski definition) is 11. The first-order valence-corrected chi connectivity index (χ1v) is 15.8. The molecule has 3 aliphatic heterocycles. The third-order valence-electron chi connectivity index (χ3n) is 8.10. The number of esters is 1. The van der Waals surface area contributed by atoms with Crippen LogP contribution in [0.2, 0.25) is 0 Å². The van der Waals surface area contributed by atoms with Crippen molar-refractivity contribution in [1.29, 1.82) is 0 Å². The quantitative estimate of drug-likeness (QED) is 0.0168. The molecule has 3 heterocycles. The second-order valence-electron chi connectivity index (χ2n) is 11.5. The molecule has 3 rings (SSSR count). The molecule has 0 bridgehead atoms. The predicted molar refractivity (Wildman–Crippen MR) is 172 cm³/mol. The number of carboxylic acid groups (broad SMARTS) is 1. The van der Waals surface area contributed by atoms with E-state index in [4.69, 9.17) is 34.5 Å². The van der Waals surface area contributed by atoms with Gasteiger partial charge >= 0.3 is 11.9 Å². The Kier molecular flexibility index (Phi) is 15.5. The van der Waals surface area contributed by atoms with Crippen molar-refractivity contribution in [2.75, 3.05) is 60.3 Å². The number of nitrogens with two attached hydrogens (primary N) is 1. The Morgan fingerprint density at radius 2 is 1.98 bits per heavy atom. The summed E-state index contributed by atoms with van der Waals surface area (Å²) in [6.07, 6.45) is -0.734. The molecule has 1 saturated heterocycles. The summed E-state index contributed by atoms with van der Waals surface area (Å²) in [4.78, 5) is 30.0. The summed E-state index contributed by atoms with van der Waals surface area (Å²) in [5.74, 6) is -6.91. The molecular weight excluding hydrogens is 666 g/mol. The first kappa shape index (κ1) is 40.7. The van der Waals surface area contributed by atoms with E-state index in [0.717, 1.165) is 6.26 Å². The molecule has 0 aromatic rings. The standard InChI is InChI=1S/C31H47N5O14/c1-4-18-19(7-6-17-12-36(9-11-38)13-20(26(41)42)23(17)35-30(32)34-8-5-10-37)21(27(43)46-3)15-47-28(18)50-29-25(48-16-33-2)31(44,45)24(40)22(14-39)49-29/h4,6-7,13,15,18-19,22,24-25,28-29,33,37-40,44-45H,1,5,8-12,14,16H2,2-3H3,(H,41,42)(H3,32,34,35)/p+1/b7-6+/t18-,19+,22-,24-,25+,28+,29+/m1/s1. The van der Waals surface area contributed by atoms with E-state index in [9.17, 15) is 40.2 Å². The van der Waals surface area contributed by atoms with Crippen molar-refractivity contribution >= 4 is 17.9 Å². The second kappa shape index (κ2) is 19.0. The molecule has 1 unspecified atom stereocenters. The number of quaternary nitrogens is 1. The van der Waals surface area contributed by atoms with E-state index >= 15 is 0 Å². The number of guanidine groups is 1. The lowest BCUT2D eigenvalue weighted by atomic mass is 9.83. The van der Waals surface area contributed by atoms with Crippen LogP contribution >= 0.6 is 0 Å². The van der Waals surface area contributed by atoms with Gasteiger partial charge in [-0.15, -0.1) is 6.58 Å². The minimum atomic E-state index is -2.93. The van der Waals surface area contributed by atoms with Crippen LogP contribution in [0, 0.1) is 11.8 Å². The van der Waals surface area contributed by atoms with E-state index in [1.165, 1.54) is 26.4 Å². The molecule has 19 nitrogen and oxygen atoms in total. The normalized spacial score (nSPS) is 30.0. The summed E-state index contributed by atoms with van der Waals surface area (Å²) in [5.41, 5.74) is 6.42. The maximum atomic E-state index is 12.9.